The normalized spacial score (nSPS) is 14.9. The number of nitrogens with zero attached hydrogens (tertiary/aromatic N) is 2. The quantitative estimate of drug-likeness (QED) is 0.178. The second-order valence-electron chi connectivity index (χ2n) is 16.0. The molecule has 3 heteroatoms. The van der Waals surface area contributed by atoms with Crippen molar-refractivity contribution in [3.63, 3.8) is 0 Å². The lowest BCUT2D eigenvalue weighted by atomic mass is 9.58. The fourth-order valence-corrected chi connectivity index (χ4v) is 10.5. The van der Waals surface area contributed by atoms with E-state index in [1.54, 1.807) is 0 Å². The number of anilines is 3. The summed E-state index contributed by atoms with van der Waals surface area (Å²) in [5.74, 6) is 1.75. The van der Waals surface area contributed by atoms with Crippen molar-refractivity contribution in [2.75, 3.05) is 4.90 Å². The molecule has 0 radical (unpaired) electrons. The Morgan fingerprint density at radius 1 is 0.367 bits per heavy atom. The number of ether oxygens (including phenoxy) is 1. The van der Waals surface area contributed by atoms with E-state index in [4.69, 9.17) is 4.74 Å². The lowest BCUT2D eigenvalue weighted by molar-refractivity contribution is 0.435. The standard InChI is InChI=1S/C57H36N2O/c1-2-18-40(19-3-1)59-52-26-10-7-21-45(52)47-35-42(30-32-53(47)59)58(41-29-28-37-14-4-5-15-39(37)34-41)43-31-33-55-51(36-43)57(49-24-9-11-27-54(49)60-55)48-23-8-6-20-44(48)46-22-12-16-38-17-13-25-50(57)56(38)46/h1-36H. The van der Waals surface area contributed by atoms with Crippen LogP contribution < -0.4 is 9.64 Å². The van der Waals surface area contributed by atoms with Gasteiger partial charge in [-0.3, -0.25) is 0 Å². The minimum absolute atomic E-state index is 0.646. The number of hydrogen-bond donors (Lipinski definition) is 0. The molecule has 0 fully saturated rings. The molecule has 1 spiro atoms. The van der Waals surface area contributed by atoms with Gasteiger partial charge < -0.3 is 14.2 Å². The highest BCUT2D eigenvalue weighted by molar-refractivity contribution is 6.11. The molecule has 1 aliphatic heterocycles. The lowest BCUT2D eigenvalue weighted by Gasteiger charge is -2.45. The van der Waals surface area contributed by atoms with Crippen LogP contribution in [0.2, 0.25) is 0 Å². The molecule has 0 amide bonds. The van der Waals surface area contributed by atoms with Crippen LogP contribution in [0.4, 0.5) is 17.1 Å². The molecular formula is C57H36N2O. The largest absolute Gasteiger partial charge is 0.457 e. The second-order valence-corrected chi connectivity index (χ2v) is 16.0. The van der Waals surface area contributed by atoms with Gasteiger partial charge in [-0.15, -0.1) is 0 Å². The maximum atomic E-state index is 6.94. The highest BCUT2D eigenvalue weighted by atomic mass is 16.5. The highest BCUT2D eigenvalue weighted by Crippen LogP contribution is 2.61. The van der Waals surface area contributed by atoms with E-state index in [0.717, 1.165) is 45.4 Å². The van der Waals surface area contributed by atoms with Crippen LogP contribution in [0.1, 0.15) is 22.3 Å². The number of benzene rings is 10. The van der Waals surface area contributed by atoms with Crippen LogP contribution in [-0.4, -0.2) is 4.57 Å². The number of hydrogen-bond acceptors (Lipinski definition) is 2. The van der Waals surface area contributed by atoms with Gasteiger partial charge >= 0.3 is 0 Å². The topological polar surface area (TPSA) is 17.4 Å². The number of fused-ring (bicyclic) bond motifs is 12. The highest BCUT2D eigenvalue weighted by Gasteiger charge is 2.49. The van der Waals surface area contributed by atoms with Gasteiger partial charge in [0.2, 0.25) is 0 Å². The molecule has 0 saturated heterocycles. The molecule has 10 aromatic carbocycles. The number of aromatic nitrogens is 1. The van der Waals surface area contributed by atoms with E-state index in [0.29, 0.717) is 0 Å². The van der Waals surface area contributed by atoms with Crippen molar-refractivity contribution < 1.29 is 4.74 Å². The summed E-state index contributed by atoms with van der Waals surface area (Å²) in [4.78, 5) is 2.43. The molecule has 3 nitrogen and oxygen atoms in total. The van der Waals surface area contributed by atoms with Gasteiger partial charge in [-0.2, -0.15) is 0 Å². The molecule has 13 rings (SSSR count). The first-order valence-corrected chi connectivity index (χ1v) is 20.7. The van der Waals surface area contributed by atoms with Gasteiger partial charge in [-0.25, -0.2) is 0 Å². The molecule has 1 atom stereocenters. The summed E-state index contributed by atoms with van der Waals surface area (Å²) < 4.78 is 9.32. The van der Waals surface area contributed by atoms with Crippen molar-refractivity contribution in [1.29, 1.82) is 0 Å². The summed E-state index contributed by atoms with van der Waals surface area (Å²) in [6.07, 6.45) is 0. The Labute approximate surface area is 347 Å². The molecule has 0 saturated carbocycles. The van der Waals surface area contributed by atoms with Crippen molar-refractivity contribution in [3.05, 3.63) is 241 Å². The third kappa shape index (κ3) is 4.54. The molecule has 1 aromatic heterocycles. The predicted molar refractivity (Wildman–Crippen MR) is 248 cm³/mol. The summed E-state index contributed by atoms with van der Waals surface area (Å²) in [5, 5.41) is 7.35. The SMILES string of the molecule is c1ccc(-n2c3ccccc3c3cc(N(c4ccc5c(c4)C4(c6ccccc6O5)c5ccccc5-c5cccc6cccc4c56)c4ccc5ccccc5c4)ccc32)cc1. The second kappa shape index (κ2) is 12.6. The number of para-hydroxylation sites is 3. The fraction of sp³-hybridized carbons (Fsp3) is 0.0175. The third-order valence-corrected chi connectivity index (χ3v) is 13.0. The minimum Gasteiger partial charge on any atom is -0.457 e. The first-order chi connectivity index (χ1) is 29.8. The average Bonchev–Trinajstić information content (AvgIpc) is 3.64. The zero-order valence-corrected chi connectivity index (χ0v) is 32.6. The Kier molecular flexibility index (Phi) is 6.93. The first-order valence-electron chi connectivity index (χ1n) is 20.7. The van der Waals surface area contributed by atoms with Gasteiger partial charge in [-0.1, -0.05) is 146 Å². The van der Waals surface area contributed by atoms with E-state index in [-0.39, 0.29) is 0 Å². The van der Waals surface area contributed by atoms with Crippen molar-refractivity contribution in [3.8, 4) is 28.3 Å². The van der Waals surface area contributed by atoms with Gasteiger partial charge in [0, 0.05) is 44.6 Å². The zero-order valence-electron chi connectivity index (χ0n) is 32.6. The van der Waals surface area contributed by atoms with Crippen molar-refractivity contribution in [1.82, 2.24) is 4.57 Å². The fourth-order valence-electron chi connectivity index (χ4n) is 10.5. The van der Waals surface area contributed by atoms with E-state index in [1.807, 2.05) is 0 Å². The Bertz CT molecular complexity index is 3540. The van der Waals surface area contributed by atoms with Crippen molar-refractivity contribution in [2.45, 2.75) is 5.41 Å². The van der Waals surface area contributed by atoms with Crippen molar-refractivity contribution >= 4 is 60.4 Å². The van der Waals surface area contributed by atoms with Gasteiger partial charge in [-0.05, 0) is 117 Å². The van der Waals surface area contributed by atoms with Gasteiger partial charge in [0.1, 0.15) is 11.5 Å². The van der Waals surface area contributed by atoms with E-state index >= 15 is 0 Å². The zero-order chi connectivity index (χ0) is 39.4. The number of rotatable bonds is 4. The molecular weight excluding hydrogens is 729 g/mol. The Morgan fingerprint density at radius 2 is 0.983 bits per heavy atom. The van der Waals surface area contributed by atoms with Crippen LogP contribution in [-0.2, 0) is 5.41 Å². The van der Waals surface area contributed by atoms with Crippen LogP contribution in [0.15, 0.2) is 218 Å². The molecule has 1 aliphatic carbocycles. The van der Waals surface area contributed by atoms with Crippen molar-refractivity contribution in [2.24, 2.45) is 0 Å². The molecule has 280 valence electrons. The first kappa shape index (κ1) is 33.1. The molecule has 0 bridgehead atoms. The Hall–Kier alpha value is -7.88. The summed E-state index contributed by atoms with van der Waals surface area (Å²) in [5.41, 5.74) is 13.4. The predicted octanol–water partition coefficient (Wildman–Crippen LogP) is 15.0. The van der Waals surface area contributed by atoms with Crippen LogP contribution in [0.5, 0.6) is 11.5 Å². The molecule has 60 heavy (non-hydrogen) atoms. The van der Waals surface area contributed by atoms with Gasteiger partial charge in [0.15, 0.2) is 0 Å². The summed E-state index contributed by atoms with van der Waals surface area (Å²) in [6, 6.07) is 79.8. The molecule has 11 aromatic rings. The van der Waals surface area contributed by atoms with E-state index < -0.39 is 5.41 Å². The van der Waals surface area contributed by atoms with Crippen LogP contribution in [0, 0.1) is 0 Å². The maximum Gasteiger partial charge on any atom is 0.132 e. The third-order valence-electron chi connectivity index (χ3n) is 13.0. The van der Waals surface area contributed by atoms with E-state index in [9.17, 15) is 0 Å². The lowest BCUT2D eigenvalue weighted by Crippen LogP contribution is -2.36. The van der Waals surface area contributed by atoms with Gasteiger partial charge in [0.05, 0.1) is 16.4 Å². The monoisotopic (exact) mass is 764 g/mol. The molecule has 2 heterocycles. The summed E-state index contributed by atoms with van der Waals surface area (Å²) >= 11 is 0. The van der Waals surface area contributed by atoms with Crippen LogP contribution in [0.25, 0.3) is 60.2 Å². The average molecular weight is 765 g/mol. The Morgan fingerprint density at radius 3 is 1.90 bits per heavy atom. The maximum absolute atomic E-state index is 6.94. The van der Waals surface area contributed by atoms with E-state index in [1.165, 1.54) is 65.6 Å². The summed E-state index contributed by atoms with van der Waals surface area (Å²) in [6.45, 7) is 0. The summed E-state index contributed by atoms with van der Waals surface area (Å²) in [7, 11) is 0. The molecule has 1 unspecified atom stereocenters. The smallest absolute Gasteiger partial charge is 0.132 e. The Balaban J connectivity index is 1.11. The van der Waals surface area contributed by atoms with Crippen LogP contribution in [0.3, 0.4) is 0 Å². The molecule has 2 aliphatic rings. The van der Waals surface area contributed by atoms with Crippen LogP contribution >= 0.6 is 0 Å². The van der Waals surface area contributed by atoms with E-state index in [2.05, 4.69) is 228 Å². The minimum atomic E-state index is -0.646. The van der Waals surface area contributed by atoms with Gasteiger partial charge in [0.25, 0.3) is 0 Å². The molecule has 0 N–H and O–H groups in total.